The summed E-state index contributed by atoms with van der Waals surface area (Å²) in [4.78, 5) is 11.4. The van der Waals surface area contributed by atoms with Crippen molar-refractivity contribution in [2.75, 3.05) is 10.4 Å². The summed E-state index contributed by atoms with van der Waals surface area (Å²) in [6.07, 6.45) is 0. The van der Waals surface area contributed by atoms with Crippen LogP contribution in [0.3, 0.4) is 0 Å². The number of halogens is 2. The summed E-state index contributed by atoms with van der Waals surface area (Å²) in [5, 5.41) is 1.20. The molecule has 0 heterocycles. The Balaban J connectivity index is 2.25. The van der Waals surface area contributed by atoms with Crippen molar-refractivity contribution in [2.45, 2.75) is 0 Å². The Hall–Kier alpha value is -1.71. The number of rotatable bonds is 3. The fourth-order valence-electron chi connectivity index (χ4n) is 1.47. The molecule has 92 valence electrons. The Kier molecular flexibility index (Phi) is 4.07. The third kappa shape index (κ3) is 3.15. The summed E-state index contributed by atoms with van der Waals surface area (Å²) in [6.45, 7) is 0. The number of hydrogen-bond donors (Lipinski definition) is 1. The van der Waals surface area contributed by atoms with E-state index in [-0.39, 0.29) is 0 Å². The lowest BCUT2D eigenvalue weighted by Gasteiger charge is -2.21. The smallest absolute Gasteiger partial charge is 0.290 e. The zero-order chi connectivity index (χ0) is 13.0. The third-order valence-electron chi connectivity index (χ3n) is 2.26. The van der Waals surface area contributed by atoms with Crippen molar-refractivity contribution in [1.82, 2.24) is 0 Å². The predicted molar refractivity (Wildman–Crippen MR) is 75.2 cm³/mol. The Morgan fingerprint density at radius 2 is 1.78 bits per heavy atom. The zero-order valence-electron chi connectivity index (χ0n) is 9.31. The molecule has 2 aromatic rings. The first kappa shape index (κ1) is 12.7. The van der Waals surface area contributed by atoms with Gasteiger partial charge in [0.2, 0.25) is 0 Å². The van der Waals surface area contributed by atoms with E-state index in [1.54, 1.807) is 36.4 Å². The molecule has 0 saturated heterocycles. The van der Waals surface area contributed by atoms with Crippen LogP contribution in [0.5, 0.6) is 0 Å². The number of carbonyl (C=O) groups excluding carboxylic acids is 1. The van der Waals surface area contributed by atoms with Crippen molar-refractivity contribution in [1.29, 1.82) is 0 Å². The minimum Gasteiger partial charge on any atom is -0.290 e. The van der Waals surface area contributed by atoms with Crippen molar-refractivity contribution >= 4 is 39.9 Å². The van der Waals surface area contributed by atoms with Gasteiger partial charge in [0.25, 0.3) is 0 Å². The number of para-hydroxylation sites is 1. The molecule has 1 amide bonds. The molecule has 0 spiro atoms. The van der Waals surface area contributed by atoms with Gasteiger partial charge in [-0.05, 0) is 41.9 Å². The molecule has 0 aliphatic carbocycles. The fraction of sp³-hybridized carbons (Fsp3) is 0. The molecular weight excluding hydrogens is 271 g/mol. The first-order chi connectivity index (χ1) is 8.66. The number of amides is 1. The molecule has 0 atom stereocenters. The molecule has 2 aromatic carbocycles. The van der Waals surface area contributed by atoms with Gasteiger partial charge in [0.15, 0.2) is 0 Å². The average Bonchev–Trinajstić information content (AvgIpc) is 2.37. The van der Waals surface area contributed by atoms with Crippen LogP contribution in [0, 0.1) is 0 Å². The molecule has 0 unspecified atom stereocenters. The third-order valence-corrected chi connectivity index (χ3v) is 2.66. The molecule has 3 nitrogen and oxygen atoms in total. The molecular formula is C13H10Cl2N2O. The van der Waals surface area contributed by atoms with Gasteiger partial charge in [0, 0.05) is 5.02 Å². The van der Waals surface area contributed by atoms with Gasteiger partial charge in [0.05, 0.1) is 11.4 Å². The van der Waals surface area contributed by atoms with E-state index in [9.17, 15) is 4.79 Å². The number of nitrogens with one attached hydrogen (secondary N) is 1. The summed E-state index contributed by atoms with van der Waals surface area (Å²) in [6, 6.07) is 16.1. The highest BCUT2D eigenvalue weighted by atomic mass is 35.5. The lowest BCUT2D eigenvalue weighted by Crippen LogP contribution is -2.32. The number of nitrogens with zero attached hydrogens (tertiary/aromatic N) is 1. The van der Waals surface area contributed by atoms with Gasteiger partial charge >= 0.3 is 5.37 Å². The van der Waals surface area contributed by atoms with Crippen LogP contribution in [0.2, 0.25) is 5.02 Å². The van der Waals surface area contributed by atoms with Crippen LogP contribution in [0.4, 0.5) is 16.2 Å². The maximum Gasteiger partial charge on any atom is 0.339 e. The molecule has 0 saturated carbocycles. The molecule has 18 heavy (non-hydrogen) atoms. The maximum atomic E-state index is 11.4. The van der Waals surface area contributed by atoms with Gasteiger partial charge < -0.3 is 0 Å². The average molecular weight is 281 g/mol. The minimum absolute atomic E-state index is 0.579. The van der Waals surface area contributed by atoms with Gasteiger partial charge in [-0.15, -0.1) is 0 Å². The quantitative estimate of drug-likeness (QED) is 0.509. The van der Waals surface area contributed by atoms with Crippen LogP contribution in [0.1, 0.15) is 0 Å². The summed E-state index contributed by atoms with van der Waals surface area (Å²) in [5.41, 5.74) is 4.23. The summed E-state index contributed by atoms with van der Waals surface area (Å²) < 4.78 is 0. The number of hydrazine groups is 1. The van der Waals surface area contributed by atoms with Crippen LogP contribution in [0.25, 0.3) is 0 Å². The second kappa shape index (κ2) is 5.76. The topological polar surface area (TPSA) is 32.3 Å². The van der Waals surface area contributed by atoms with E-state index < -0.39 is 5.37 Å². The Labute approximate surface area is 115 Å². The molecule has 0 aromatic heterocycles. The highest BCUT2D eigenvalue weighted by molar-refractivity contribution is 6.66. The van der Waals surface area contributed by atoms with E-state index in [0.29, 0.717) is 16.4 Å². The standard InChI is InChI=1S/C13H10Cl2N2O/c14-10-5-4-6-11(9-10)16-17(13(15)18)12-7-2-1-3-8-12/h1-9,16H. The Morgan fingerprint density at radius 1 is 1.06 bits per heavy atom. The lowest BCUT2D eigenvalue weighted by atomic mass is 10.3. The molecule has 1 N–H and O–H groups in total. The molecule has 0 bridgehead atoms. The van der Waals surface area contributed by atoms with Crippen LogP contribution in [-0.4, -0.2) is 5.37 Å². The van der Waals surface area contributed by atoms with E-state index >= 15 is 0 Å². The summed E-state index contributed by atoms with van der Waals surface area (Å²) in [5.74, 6) is 0. The van der Waals surface area contributed by atoms with E-state index in [1.807, 2.05) is 18.2 Å². The van der Waals surface area contributed by atoms with Gasteiger partial charge in [-0.3, -0.25) is 10.2 Å². The molecule has 5 heteroatoms. The van der Waals surface area contributed by atoms with Gasteiger partial charge in [-0.25, -0.2) is 5.01 Å². The van der Waals surface area contributed by atoms with Crippen molar-refractivity contribution < 1.29 is 4.79 Å². The second-order valence-corrected chi connectivity index (χ2v) is 4.31. The van der Waals surface area contributed by atoms with Gasteiger partial charge in [-0.2, -0.15) is 0 Å². The lowest BCUT2D eigenvalue weighted by molar-refractivity contribution is 0.265. The van der Waals surface area contributed by atoms with Crippen LogP contribution >= 0.6 is 23.2 Å². The maximum absolute atomic E-state index is 11.4. The van der Waals surface area contributed by atoms with Gasteiger partial charge in [-0.1, -0.05) is 35.9 Å². The SMILES string of the molecule is O=C(Cl)N(Nc1cccc(Cl)c1)c1ccccc1. The first-order valence-electron chi connectivity index (χ1n) is 5.23. The van der Waals surface area contributed by atoms with E-state index in [1.165, 1.54) is 5.01 Å². The van der Waals surface area contributed by atoms with Crippen LogP contribution in [-0.2, 0) is 0 Å². The molecule has 0 radical (unpaired) electrons. The molecule has 0 aliphatic heterocycles. The summed E-state index contributed by atoms with van der Waals surface area (Å²) in [7, 11) is 0. The minimum atomic E-state index is -0.624. The molecule has 0 aliphatic rings. The second-order valence-electron chi connectivity index (χ2n) is 3.55. The molecule has 2 rings (SSSR count). The monoisotopic (exact) mass is 280 g/mol. The highest BCUT2D eigenvalue weighted by Crippen LogP contribution is 2.20. The van der Waals surface area contributed by atoms with Gasteiger partial charge in [0.1, 0.15) is 0 Å². The number of anilines is 2. The van der Waals surface area contributed by atoms with E-state index in [0.717, 1.165) is 0 Å². The first-order valence-corrected chi connectivity index (χ1v) is 5.99. The van der Waals surface area contributed by atoms with E-state index in [4.69, 9.17) is 23.2 Å². The number of hydrogen-bond acceptors (Lipinski definition) is 2. The van der Waals surface area contributed by atoms with Crippen LogP contribution < -0.4 is 10.4 Å². The van der Waals surface area contributed by atoms with Crippen molar-refractivity contribution in [3.05, 3.63) is 59.6 Å². The Bertz CT molecular complexity index is 546. The number of benzene rings is 2. The molecule has 0 fully saturated rings. The summed E-state index contributed by atoms with van der Waals surface area (Å²) >= 11 is 11.4. The van der Waals surface area contributed by atoms with Crippen molar-refractivity contribution in [2.24, 2.45) is 0 Å². The predicted octanol–water partition coefficient (Wildman–Crippen LogP) is 4.53. The van der Waals surface area contributed by atoms with E-state index in [2.05, 4.69) is 5.43 Å². The van der Waals surface area contributed by atoms with Crippen molar-refractivity contribution in [3.63, 3.8) is 0 Å². The van der Waals surface area contributed by atoms with Crippen LogP contribution in [0.15, 0.2) is 54.6 Å². The highest BCUT2D eigenvalue weighted by Gasteiger charge is 2.12. The fourth-order valence-corrected chi connectivity index (χ4v) is 1.80. The van der Waals surface area contributed by atoms with Crippen molar-refractivity contribution in [3.8, 4) is 0 Å². The zero-order valence-corrected chi connectivity index (χ0v) is 10.8. The Morgan fingerprint density at radius 3 is 2.39 bits per heavy atom. The largest absolute Gasteiger partial charge is 0.339 e. The number of carbonyl (C=O) groups is 1. The normalized spacial score (nSPS) is 9.89.